The molecule has 0 aliphatic carbocycles. The summed E-state index contributed by atoms with van der Waals surface area (Å²) in [4.78, 5) is 0. The highest BCUT2D eigenvalue weighted by atomic mass is 16.5. The molecule has 0 fully saturated rings. The van der Waals surface area contributed by atoms with E-state index in [0.29, 0.717) is 0 Å². The van der Waals surface area contributed by atoms with Crippen LogP contribution in [0.4, 0.5) is 0 Å². The second kappa shape index (κ2) is 6.07. The van der Waals surface area contributed by atoms with Crippen LogP contribution < -0.4 is 14.8 Å². The maximum atomic E-state index is 9.72. The van der Waals surface area contributed by atoms with E-state index in [9.17, 15) is 5.11 Å². The zero-order valence-electron chi connectivity index (χ0n) is 11.8. The van der Waals surface area contributed by atoms with E-state index < -0.39 is 5.60 Å². The molecule has 4 nitrogen and oxygen atoms in total. The van der Waals surface area contributed by atoms with E-state index in [1.54, 1.807) is 21.0 Å². The zero-order valence-corrected chi connectivity index (χ0v) is 11.8. The number of rotatable bonds is 6. The minimum atomic E-state index is -0.858. The molecular formula is C14H23NO3. The summed E-state index contributed by atoms with van der Waals surface area (Å²) >= 11 is 0. The molecule has 0 amide bonds. The fraction of sp³-hybridized carbons (Fsp3) is 0.571. The van der Waals surface area contributed by atoms with E-state index in [0.717, 1.165) is 17.1 Å². The van der Waals surface area contributed by atoms with Gasteiger partial charge in [-0.15, -0.1) is 0 Å². The van der Waals surface area contributed by atoms with Gasteiger partial charge in [0, 0.05) is 17.7 Å². The van der Waals surface area contributed by atoms with Gasteiger partial charge in [0.05, 0.1) is 12.7 Å². The van der Waals surface area contributed by atoms with Crippen molar-refractivity contribution >= 4 is 0 Å². The van der Waals surface area contributed by atoms with E-state index in [2.05, 4.69) is 12.2 Å². The summed E-state index contributed by atoms with van der Waals surface area (Å²) in [6, 6.07) is 5.89. The van der Waals surface area contributed by atoms with E-state index in [1.165, 1.54) is 0 Å². The van der Waals surface area contributed by atoms with Crippen LogP contribution in [0.3, 0.4) is 0 Å². The number of ether oxygens (including phenoxy) is 2. The Morgan fingerprint density at radius 3 is 2.56 bits per heavy atom. The first-order valence-corrected chi connectivity index (χ1v) is 6.08. The van der Waals surface area contributed by atoms with Crippen molar-refractivity contribution in [2.45, 2.75) is 32.4 Å². The molecule has 0 saturated carbocycles. The van der Waals surface area contributed by atoms with Crippen LogP contribution in [0.5, 0.6) is 11.5 Å². The van der Waals surface area contributed by atoms with Crippen LogP contribution in [0, 0.1) is 0 Å². The topological polar surface area (TPSA) is 50.7 Å². The summed E-state index contributed by atoms with van der Waals surface area (Å²) in [7, 11) is 3.52. The Labute approximate surface area is 109 Å². The third kappa shape index (κ3) is 4.20. The molecule has 2 N–H and O–H groups in total. The predicted octanol–water partition coefficient (Wildman–Crippen LogP) is 2.13. The Morgan fingerprint density at radius 1 is 1.39 bits per heavy atom. The summed E-state index contributed by atoms with van der Waals surface area (Å²) < 4.78 is 10.9. The van der Waals surface area contributed by atoms with Crippen molar-refractivity contribution in [3.05, 3.63) is 23.8 Å². The van der Waals surface area contributed by atoms with Crippen LogP contribution in [-0.4, -0.2) is 31.5 Å². The van der Waals surface area contributed by atoms with Crippen molar-refractivity contribution in [3.8, 4) is 11.5 Å². The van der Waals surface area contributed by atoms with E-state index in [4.69, 9.17) is 9.47 Å². The van der Waals surface area contributed by atoms with Gasteiger partial charge in [-0.2, -0.15) is 0 Å². The molecule has 0 radical (unpaired) electrons. The second-order valence-electron chi connectivity index (χ2n) is 5.02. The Kier molecular flexibility index (Phi) is 4.99. The Bertz CT molecular complexity index is 385. The van der Waals surface area contributed by atoms with Gasteiger partial charge < -0.3 is 19.9 Å². The summed E-state index contributed by atoms with van der Waals surface area (Å²) in [5.74, 6) is 1.48. The minimum absolute atomic E-state index is 0.174. The molecule has 0 aliphatic heterocycles. The number of nitrogens with one attached hydrogen (secondary N) is 1. The highest BCUT2D eigenvalue weighted by Crippen LogP contribution is 2.30. The molecule has 0 bridgehead atoms. The van der Waals surface area contributed by atoms with Crippen LogP contribution in [0.1, 0.15) is 32.4 Å². The molecule has 1 aromatic rings. The Balaban J connectivity index is 2.96. The fourth-order valence-corrected chi connectivity index (χ4v) is 1.53. The molecule has 1 rings (SSSR count). The highest BCUT2D eigenvalue weighted by Gasteiger charge is 2.17. The van der Waals surface area contributed by atoms with Crippen LogP contribution in [-0.2, 0) is 0 Å². The predicted molar refractivity (Wildman–Crippen MR) is 72.3 cm³/mol. The SMILES string of the molecule is CNC(C)c1ccc(OC)cc1OCC(C)(C)O. The molecule has 0 heterocycles. The number of hydrogen-bond acceptors (Lipinski definition) is 4. The normalized spacial score (nSPS) is 13.2. The van der Waals surface area contributed by atoms with Crippen LogP contribution in [0.25, 0.3) is 0 Å². The number of aliphatic hydroxyl groups is 1. The Morgan fingerprint density at radius 2 is 2.06 bits per heavy atom. The molecule has 102 valence electrons. The average Bonchev–Trinajstić information content (AvgIpc) is 2.34. The highest BCUT2D eigenvalue weighted by molar-refractivity contribution is 5.42. The number of hydrogen-bond donors (Lipinski definition) is 2. The number of benzene rings is 1. The van der Waals surface area contributed by atoms with Crippen molar-refractivity contribution in [2.24, 2.45) is 0 Å². The quantitative estimate of drug-likeness (QED) is 0.815. The molecule has 1 atom stereocenters. The van der Waals surface area contributed by atoms with Crippen LogP contribution in [0.2, 0.25) is 0 Å². The Hall–Kier alpha value is -1.26. The zero-order chi connectivity index (χ0) is 13.8. The van der Waals surface area contributed by atoms with Crippen LogP contribution >= 0.6 is 0 Å². The molecule has 1 unspecified atom stereocenters. The average molecular weight is 253 g/mol. The third-order valence-electron chi connectivity index (χ3n) is 2.70. The molecule has 18 heavy (non-hydrogen) atoms. The molecule has 0 aromatic heterocycles. The lowest BCUT2D eigenvalue weighted by atomic mass is 10.1. The fourth-order valence-electron chi connectivity index (χ4n) is 1.53. The summed E-state index contributed by atoms with van der Waals surface area (Å²) in [5, 5.41) is 12.9. The molecule has 0 saturated heterocycles. The molecule has 4 heteroatoms. The largest absolute Gasteiger partial charge is 0.497 e. The van der Waals surface area contributed by atoms with Crippen molar-refractivity contribution in [1.82, 2.24) is 5.32 Å². The maximum Gasteiger partial charge on any atom is 0.127 e. The lowest BCUT2D eigenvalue weighted by Gasteiger charge is -2.22. The molecule has 0 spiro atoms. The van der Waals surface area contributed by atoms with Gasteiger partial charge in [0.25, 0.3) is 0 Å². The van der Waals surface area contributed by atoms with E-state index in [-0.39, 0.29) is 12.6 Å². The van der Waals surface area contributed by atoms with Gasteiger partial charge in [-0.25, -0.2) is 0 Å². The van der Waals surface area contributed by atoms with Crippen LogP contribution in [0.15, 0.2) is 18.2 Å². The van der Waals surface area contributed by atoms with E-state index >= 15 is 0 Å². The first kappa shape index (κ1) is 14.8. The molecule has 1 aromatic carbocycles. The van der Waals surface area contributed by atoms with Gasteiger partial charge >= 0.3 is 0 Å². The van der Waals surface area contributed by atoms with Crippen molar-refractivity contribution < 1.29 is 14.6 Å². The van der Waals surface area contributed by atoms with Gasteiger partial charge in [0.15, 0.2) is 0 Å². The minimum Gasteiger partial charge on any atom is -0.497 e. The summed E-state index contributed by atoms with van der Waals surface area (Å²) in [5.41, 5.74) is 0.186. The van der Waals surface area contributed by atoms with Gasteiger partial charge in [-0.05, 0) is 33.9 Å². The molecule has 0 aliphatic rings. The lowest BCUT2D eigenvalue weighted by molar-refractivity contribution is 0.0279. The van der Waals surface area contributed by atoms with E-state index in [1.807, 2.05) is 25.2 Å². The van der Waals surface area contributed by atoms with Crippen molar-refractivity contribution in [3.63, 3.8) is 0 Å². The first-order chi connectivity index (χ1) is 8.37. The molecular weight excluding hydrogens is 230 g/mol. The van der Waals surface area contributed by atoms with Crippen molar-refractivity contribution in [1.29, 1.82) is 0 Å². The second-order valence-corrected chi connectivity index (χ2v) is 5.02. The lowest BCUT2D eigenvalue weighted by Crippen LogP contribution is -2.28. The first-order valence-electron chi connectivity index (χ1n) is 6.08. The van der Waals surface area contributed by atoms with Gasteiger partial charge in [-0.3, -0.25) is 0 Å². The van der Waals surface area contributed by atoms with Gasteiger partial charge in [0.1, 0.15) is 18.1 Å². The summed E-state index contributed by atoms with van der Waals surface area (Å²) in [6.07, 6.45) is 0. The van der Waals surface area contributed by atoms with Gasteiger partial charge in [-0.1, -0.05) is 6.07 Å². The van der Waals surface area contributed by atoms with Crippen molar-refractivity contribution in [2.75, 3.05) is 20.8 Å². The maximum absolute atomic E-state index is 9.72. The van der Waals surface area contributed by atoms with Gasteiger partial charge in [0.2, 0.25) is 0 Å². The number of methoxy groups -OCH3 is 1. The smallest absolute Gasteiger partial charge is 0.127 e. The standard InChI is InChI=1S/C14H23NO3/c1-10(15-4)12-7-6-11(17-5)8-13(12)18-9-14(2,3)16/h6-8,10,15-16H,9H2,1-5H3. The summed E-state index contributed by atoms with van der Waals surface area (Å²) in [6.45, 7) is 5.73. The monoisotopic (exact) mass is 253 g/mol. The third-order valence-corrected chi connectivity index (χ3v) is 2.70.